The van der Waals surface area contributed by atoms with E-state index in [-0.39, 0.29) is 6.61 Å². The van der Waals surface area contributed by atoms with Gasteiger partial charge in [0, 0.05) is 50.4 Å². The summed E-state index contributed by atoms with van der Waals surface area (Å²) in [5.41, 5.74) is -1.37. The van der Waals surface area contributed by atoms with Crippen LogP contribution in [0.4, 0.5) is 0 Å². The van der Waals surface area contributed by atoms with Gasteiger partial charge in [-0.2, -0.15) is 0 Å². The molecular formula is C24H37NO9. The minimum absolute atomic E-state index is 0.214. The maximum atomic E-state index is 12.2. The number of nitrogens with zero attached hydrogens (tertiary/aromatic N) is 1. The summed E-state index contributed by atoms with van der Waals surface area (Å²) in [7, 11) is 0. The van der Waals surface area contributed by atoms with Crippen LogP contribution in [0.1, 0.15) is 48.0 Å². The smallest absolute Gasteiger partial charge is 0.331 e. The number of carbonyl (C=O) groups excluding carboxylic acids is 4. The van der Waals surface area contributed by atoms with E-state index in [4.69, 9.17) is 23.7 Å². The van der Waals surface area contributed by atoms with Gasteiger partial charge in [0.1, 0.15) is 23.9 Å². The van der Waals surface area contributed by atoms with E-state index in [0.717, 1.165) is 37.4 Å². The molecule has 10 nitrogen and oxygen atoms in total. The Labute approximate surface area is 201 Å². The van der Waals surface area contributed by atoms with Crippen LogP contribution in [0.2, 0.25) is 0 Å². The summed E-state index contributed by atoms with van der Waals surface area (Å²) >= 11 is 0. The summed E-state index contributed by atoms with van der Waals surface area (Å²) in [4.78, 5) is 49.8. The fraction of sp³-hybridized carbons (Fsp3) is 0.667. The third-order valence-corrected chi connectivity index (χ3v) is 4.09. The zero-order valence-electron chi connectivity index (χ0n) is 21.0. The first kappa shape index (κ1) is 29.3. The van der Waals surface area contributed by atoms with Crippen molar-refractivity contribution >= 4 is 23.9 Å². The molecular weight excluding hydrogens is 446 g/mol. The molecule has 0 spiro atoms. The Morgan fingerprint density at radius 2 is 1.26 bits per heavy atom. The highest BCUT2D eigenvalue weighted by molar-refractivity contribution is 5.92. The van der Waals surface area contributed by atoms with Gasteiger partial charge in [0.15, 0.2) is 0 Å². The molecule has 1 aliphatic rings. The zero-order chi connectivity index (χ0) is 25.8. The molecule has 0 saturated carbocycles. The lowest BCUT2D eigenvalue weighted by atomic mass is 10.2. The number of morpholine rings is 1. The molecule has 0 amide bonds. The lowest BCUT2D eigenvalue weighted by Crippen LogP contribution is -2.39. The second-order valence-electron chi connectivity index (χ2n) is 9.67. The molecule has 34 heavy (non-hydrogen) atoms. The number of hydrogen-bond donors (Lipinski definition) is 0. The number of hydrogen-bond acceptors (Lipinski definition) is 10. The number of rotatable bonds is 10. The van der Waals surface area contributed by atoms with Crippen LogP contribution in [-0.4, -0.2) is 85.5 Å². The first-order valence-electron chi connectivity index (χ1n) is 11.2. The van der Waals surface area contributed by atoms with Crippen LogP contribution in [0.5, 0.6) is 0 Å². The normalized spacial score (nSPS) is 16.3. The molecule has 1 saturated heterocycles. The highest BCUT2D eigenvalue weighted by Crippen LogP contribution is 2.09. The van der Waals surface area contributed by atoms with E-state index in [2.05, 4.69) is 4.90 Å². The molecule has 0 aromatic rings. The van der Waals surface area contributed by atoms with Crippen LogP contribution in [0.25, 0.3) is 0 Å². The van der Waals surface area contributed by atoms with Crippen molar-refractivity contribution in [1.82, 2.24) is 4.90 Å². The van der Waals surface area contributed by atoms with Crippen LogP contribution in [-0.2, 0) is 42.9 Å². The van der Waals surface area contributed by atoms with Crippen LogP contribution >= 0.6 is 0 Å². The summed E-state index contributed by atoms with van der Waals surface area (Å²) in [5, 5.41) is 0. The Balaban J connectivity index is 2.64. The van der Waals surface area contributed by atoms with Crippen LogP contribution in [0, 0.1) is 0 Å². The van der Waals surface area contributed by atoms with E-state index >= 15 is 0 Å². The maximum absolute atomic E-state index is 12.2. The van der Waals surface area contributed by atoms with Crippen molar-refractivity contribution < 1.29 is 42.9 Å². The second kappa shape index (κ2) is 13.9. The summed E-state index contributed by atoms with van der Waals surface area (Å²) in [5.74, 6) is -2.89. The molecule has 1 fully saturated rings. The predicted octanol–water partition coefficient (Wildman–Crippen LogP) is 1.96. The zero-order valence-corrected chi connectivity index (χ0v) is 21.0. The monoisotopic (exact) mass is 483 g/mol. The molecule has 10 heteroatoms. The van der Waals surface area contributed by atoms with Gasteiger partial charge in [0.05, 0.1) is 13.2 Å². The molecule has 1 heterocycles. The molecule has 1 atom stereocenters. The van der Waals surface area contributed by atoms with Gasteiger partial charge in [-0.05, 0) is 41.5 Å². The topological polar surface area (TPSA) is 118 Å². The van der Waals surface area contributed by atoms with E-state index in [9.17, 15) is 19.2 Å². The minimum Gasteiger partial charge on any atom is -0.459 e. The van der Waals surface area contributed by atoms with Crippen molar-refractivity contribution in [3.8, 4) is 0 Å². The third-order valence-electron chi connectivity index (χ3n) is 4.09. The molecule has 0 aromatic heterocycles. The van der Waals surface area contributed by atoms with E-state index in [1.807, 2.05) is 0 Å². The van der Waals surface area contributed by atoms with E-state index in [1.165, 1.54) is 0 Å². The number of esters is 4. The Morgan fingerprint density at radius 3 is 1.76 bits per heavy atom. The quantitative estimate of drug-likeness (QED) is 0.259. The second-order valence-corrected chi connectivity index (χ2v) is 9.67. The van der Waals surface area contributed by atoms with Gasteiger partial charge in [0.25, 0.3) is 0 Å². The molecule has 192 valence electrons. The lowest BCUT2D eigenvalue weighted by Gasteiger charge is -2.28. The van der Waals surface area contributed by atoms with Gasteiger partial charge >= 0.3 is 23.9 Å². The summed E-state index contributed by atoms with van der Waals surface area (Å²) in [6.45, 7) is 13.4. The molecule has 1 unspecified atom stereocenters. The van der Waals surface area contributed by atoms with Crippen molar-refractivity contribution in [2.75, 3.05) is 39.5 Å². The summed E-state index contributed by atoms with van der Waals surface area (Å²) < 4.78 is 26.0. The molecule has 1 rings (SSSR count). The highest BCUT2D eigenvalue weighted by atomic mass is 16.6. The average molecular weight is 484 g/mol. The van der Waals surface area contributed by atoms with Crippen molar-refractivity contribution in [3.63, 3.8) is 0 Å². The van der Waals surface area contributed by atoms with Gasteiger partial charge in [-0.3, -0.25) is 4.90 Å². The fourth-order valence-electron chi connectivity index (χ4n) is 2.70. The Kier molecular flexibility index (Phi) is 11.9. The Bertz CT molecular complexity index is 753. The lowest BCUT2D eigenvalue weighted by molar-refractivity contribution is -0.154. The van der Waals surface area contributed by atoms with Gasteiger partial charge in [-0.1, -0.05) is 0 Å². The third kappa shape index (κ3) is 15.2. The van der Waals surface area contributed by atoms with Gasteiger partial charge < -0.3 is 23.7 Å². The molecule has 0 radical (unpaired) electrons. The van der Waals surface area contributed by atoms with Crippen LogP contribution < -0.4 is 0 Å². The minimum atomic E-state index is -0.775. The van der Waals surface area contributed by atoms with E-state index < -0.39 is 41.2 Å². The van der Waals surface area contributed by atoms with Crippen molar-refractivity contribution in [2.45, 2.75) is 65.3 Å². The standard InChI is InChI=1S/C24H37NO9/c1-23(2,3)33-21(28)9-7-19(26)31-17-18(11-12-25-13-15-30-16-14-25)32-20(27)8-10-22(29)34-24(4,5)6/h7-10,18H,11-17H2,1-6H3/b9-7+,10-8+. The number of ether oxygens (including phenoxy) is 5. The molecule has 0 aromatic carbocycles. The highest BCUT2D eigenvalue weighted by Gasteiger charge is 2.20. The first-order chi connectivity index (χ1) is 15.7. The molecule has 0 aliphatic carbocycles. The van der Waals surface area contributed by atoms with E-state index in [0.29, 0.717) is 26.2 Å². The Hall–Kier alpha value is -2.72. The van der Waals surface area contributed by atoms with Crippen LogP contribution in [0.15, 0.2) is 24.3 Å². The molecule has 1 aliphatic heterocycles. The first-order valence-corrected chi connectivity index (χ1v) is 11.2. The van der Waals surface area contributed by atoms with Gasteiger partial charge in [0.2, 0.25) is 0 Å². The van der Waals surface area contributed by atoms with Gasteiger partial charge in [-0.25, -0.2) is 19.2 Å². The molecule has 0 bridgehead atoms. The largest absolute Gasteiger partial charge is 0.459 e. The van der Waals surface area contributed by atoms with E-state index in [1.54, 1.807) is 41.5 Å². The summed E-state index contributed by atoms with van der Waals surface area (Å²) in [6.07, 6.45) is 3.54. The van der Waals surface area contributed by atoms with Crippen molar-refractivity contribution in [2.24, 2.45) is 0 Å². The van der Waals surface area contributed by atoms with Gasteiger partial charge in [-0.15, -0.1) is 0 Å². The fourth-order valence-corrected chi connectivity index (χ4v) is 2.70. The van der Waals surface area contributed by atoms with Crippen molar-refractivity contribution in [3.05, 3.63) is 24.3 Å². The van der Waals surface area contributed by atoms with Crippen molar-refractivity contribution in [1.29, 1.82) is 0 Å². The molecule has 0 N–H and O–H groups in total. The average Bonchev–Trinajstić information content (AvgIpc) is 2.71. The summed E-state index contributed by atoms with van der Waals surface area (Å²) in [6, 6.07) is 0. The van der Waals surface area contributed by atoms with Crippen LogP contribution in [0.3, 0.4) is 0 Å². The number of carbonyl (C=O) groups is 4. The predicted molar refractivity (Wildman–Crippen MR) is 123 cm³/mol. The SMILES string of the molecule is CC(C)(C)OC(=O)/C=C/C(=O)OCC(CCN1CCOCC1)OC(=O)/C=C/C(=O)OC(C)(C)C. The Morgan fingerprint density at radius 1 is 0.794 bits per heavy atom. The maximum Gasteiger partial charge on any atom is 0.331 e.